The SMILES string of the molecule is C=C(CC(=O)OC1(c2ccc(S(F)(F)(F)(F)F)cc2)CCC1)C(=O)OCC(=O)OCC(Cl)(Cl)Cl. The Labute approximate surface area is 206 Å². The molecule has 0 radical (unpaired) electrons. The Kier molecular flexibility index (Phi) is 7.56. The fourth-order valence-corrected chi connectivity index (χ4v) is 3.71. The molecular formula is C19H18Cl3F5O6S. The Morgan fingerprint density at radius 2 is 1.53 bits per heavy atom. The summed E-state index contributed by atoms with van der Waals surface area (Å²) in [5.41, 5.74) is -1.61. The van der Waals surface area contributed by atoms with Crippen molar-refractivity contribution in [3.05, 3.63) is 42.0 Å². The van der Waals surface area contributed by atoms with Gasteiger partial charge in [0.15, 0.2) is 6.61 Å². The van der Waals surface area contributed by atoms with E-state index >= 15 is 0 Å². The topological polar surface area (TPSA) is 78.9 Å². The smallest absolute Gasteiger partial charge is 0.344 e. The molecule has 0 N–H and O–H groups in total. The van der Waals surface area contributed by atoms with Gasteiger partial charge in [-0.2, -0.15) is 0 Å². The zero-order chi connectivity index (χ0) is 26.1. The number of halogens is 8. The lowest BCUT2D eigenvalue weighted by atomic mass is 9.75. The standard InChI is InChI=1S/C19H18Cl3F5O6S/c1-12(17(30)31-10-16(29)32-11-19(20,21)22)9-15(28)33-18(7-2-8-18)13-3-5-14(6-4-13)34(23,24,25,26)27/h3-6H,1-2,7-11H2. The molecule has 0 spiro atoms. The second-order valence-electron chi connectivity index (χ2n) is 7.45. The van der Waals surface area contributed by atoms with E-state index in [1.54, 1.807) is 0 Å². The van der Waals surface area contributed by atoms with E-state index < -0.39 is 62.1 Å². The van der Waals surface area contributed by atoms with E-state index in [1.807, 2.05) is 0 Å². The van der Waals surface area contributed by atoms with Crippen LogP contribution in [0.5, 0.6) is 0 Å². The zero-order valence-electron chi connectivity index (χ0n) is 17.1. The molecule has 0 atom stereocenters. The number of hydrogen-bond acceptors (Lipinski definition) is 6. The molecule has 6 nitrogen and oxygen atoms in total. The van der Waals surface area contributed by atoms with Crippen LogP contribution >= 0.6 is 45.0 Å². The summed E-state index contributed by atoms with van der Waals surface area (Å²) in [7, 11) is -9.84. The van der Waals surface area contributed by atoms with Gasteiger partial charge < -0.3 is 14.2 Å². The molecule has 1 aromatic rings. The number of rotatable bonds is 9. The van der Waals surface area contributed by atoms with Gasteiger partial charge in [-0.3, -0.25) is 4.79 Å². The molecule has 0 bridgehead atoms. The minimum absolute atomic E-state index is 0.0996. The van der Waals surface area contributed by atoms with Crippen LogP contribution in [0.3, 0.4) is 0 Å². The molecule has 0 aliphatic heterocycles. The first-order chi connectivity index (χ1) is 15.2. The molecule has 0 heterocycles. The number of hydrogen-bond donors (Lipinski definition) is 0. The van der Waals surface area contributed by atoms with Crippen LogP contribution in [0.2, 0.25) is 0 Å². The molecule has 34 heavy (non-hydrogen) atoms. The number of alkyl halides is 3. The van der Waals surface area contributed by atoms with Crippen LogP contribution in [-0.4, -0.2) is 34.9 Å². The van der Waals surface area contributed by atoms with Gasteiger partial charge in [0.1, 0.15) is 17.1 Å². The maximum atomic E-state index is 12.9. The number of benzene rings is 1. The number of ether oxygens (including phenoxy) is 3. The van der Waals surface area contributed by atoms with Crippen LogP contribution < -0.4 is 0 Å². The molecule has 1 fully saturated rings. The van der Waals surface area contributed by atoms with Gasteiger partial charge in [-0.05, 0) is 37.0 Å². The van der Waals surface area contributed by atoms with Crippen molar-refractivity contribution in [2.24, 2.45) is 0 Å². The minimum atomic E-state index is -9.84. The Bertz CT molecular complexity index is 989. The van der Waals surface area contributed by atoms with Crippen LogP contribution in [0, 0.1) is 0 Å². The Morgan fingerprint density at radius 1 is 0.971 bits per heavy atom. The number of esters is 3. The van der Waals surface area contributed by atoms with Crippen molar-refractivity contribution in [1.82, 2.24) is 0 Å². The van der Waals surface area contributed by atoms with E-state index in [1.165, 1.54) is 0 Å². The lowest BCUT2D eigenvalue weighted by molar-refractivity contribution is -0.171. The highest BCUT2D eigenvalue weighted by Crippen LogP contribution is 3.02. The summed E-state index contributed by atoms with van der Waals surface area (Å²) in [5, 5.41) is 0. The maximum Gasteiger partial charge on any atom is 0.344 e. The average molecular weight is 576 g/mol. The van der Waals surface area contributed by atoms with Crippen molar-refractivity contribution in [1.29, 1.82) is 0 Å². The third kappa shape index (κ3) is 8.17. The van der Waals surface area contributed by atoms with Crippen molar-refractivity contribution >= 4 is 62.9 Å². The first-order valence-electron chi connectivity index (χ1n) is 9.35. The van der Waals surface area contributed by atoms with E-state index in [0.717, 1.165) is 12.1 Å². The van der Waals surface area contributed by atoms with Crippen LogP contribution in [0.4, 0.5) is 19.4 Å². The van der Waals surface area contributed by atoms with Gasteiger partial charge in [-0.15, -0.1) is 0 Å². The first-order valence-corrected chi connectivity index (χ1v) is 12.4. The van der Waals surface area contributed by atoms with Gasteiger partial charge in [0.25, 0.3) is 0 Å². The molecule has 0 unspecified atom stereocenters. The van der Waals surface area contributed by atoms with Crippen LogP contribution in [0.1, 0.15) is 31.2 Å². The van der Waals surface area contributed by atoms with Gasteiger partial charge in [-0.25, -0.2) is 9.59 Å². The molecule has 1 aliphatic rings. The third-order valence-corrected chi connectivity index (χ3v) is 6.15. The quantitative estimate of drug-likeness (QED) is 0.108. The number of carbonyl (C=O) groups is 3. The van der Waals surface area contributed by atoms with Crippen molar-refractivity contribution in [2.45, 2.75) is 40.0 Å². The molecule has 0 saturated heterocycles. The van der Waals surface area contributed by atoms with E-state index in [0.29, 0.717) is 6.42 Å². The van der Waals surface area contributed by atoms with Crippen molar-refractivity contribution in [3.63, 3.8) is 0 Å². The summed E-state index contributed by atoms with van der Waals surface area (Å²) < 4.78 is 77.3. The molecule has 1 saturated carbocycles. The fourth-order valence-electron chi connectivity index (χ4n) is 2.89. The van der Waals surface area contributed by atoms with Gasteiger partial charge in [-0.1, -0.05) is 72.9 Å². The largest absolute Gasteiger partial charge is 0.459 e. The minimum Gasteiger partial charge on any atom is -0.459 e. The Balaban J connectivity index is 1.94. The molecular weight excluding hydrogens is 558 g/mol. The lowest BCUT2D eigenvalue weighted by Crippen LogP contribution is -2.39. The molecule has 192 valence electrons. The van der Waals surface area contributed by atoms with E-state index in [9.17, 15) is 33.8 Å². The van der Waals surface area contributed by atoms with Crippen molar-refractivity contribution in [2.75, 3.05) is 13.2 Å². The lowest BCUT2D eigenvalue weighted by Gasteiger charge is -2.43. The Hall–Kier alpha value is -1.76. The average Bonchev–Trinajstić information content (AvgIpc) is 2.65. The Morgan fingerprint density at radius 3 is 1.97 bits per heavy atom. The summed E-state index contributed by atoms with van der Waals surface area (Å²) in [6, 6.07) is 2.13. The summed E-state index contributed by atoms with van der Waals surface area (Å²) >= 11 is 16.2. The molecule has 1 aromatic carbocycles. The van der Waals surface area contributed by atoms with Gasteiger partial charge >= 0.3 is 28.1 Å². The van der Waals surface area contributed by atoms with Crippen LogP contribution in [0.25, 0.3) is 0 Å². The third-order valence-electron chi connectivity index (χ3n) is 4.66. The van der Waals surface area contributed by atoms with Crippen LogP contribution in [-0.2, 0) is 34.2 Å². The van der Waals surface area contributed by atoms with Crippen molar-refractivity contribution < 1.29 is 48.0 Å². The highest BCUT2D eigenvalue weighted by Gasteiger charge is 2.65. The second-order valence-corrected chi connectivity index (χ2v) is 12.4. The predicted octanol–water partition coefficient (Wildman–Crippen LogP) is 6.67. The molecule has 1 aliphatic carbocycles. The zero-order valence-corrected chi connectivity index (χ0v) is 20.2. The summed E-state index contributed by atoms with van der Waals surface area (Å²) in [6.07, 6.45) is 0.379. The normalized spacial score (nSPS) is 17.4. The van der Waals surface area contributed by atoms with Crippen molar-refractivity contribution in [3.8, 4) is 0 Å². The highest BCUT2D eigenvalue weighted by molar-refractivity contribution is 8.45. The predicted molar refractivity (Wildman–Crippen MR) is 115 cm³/mol. The fraction of sp³-hybridized carbons (Fsp3) is 0.421. The van der Waals surface area contributed by atoms with Gasteiger partial charge in [0.05, 0.1) is 6.42 Å². The molecule has 0 amide bonds. The van der Waals surface area contributed by atoms with E-state index in [2.05, 4.69) is 16.1 Å². The van der Waals surface area contributed by atoms with E-state index in [4.69, 9.17) is 39.5 Å². The highest BCUT2D eigenvalue weighted by atomic mass is 35.6. The monoisotopic (exact) mass is 574 g/mol. The maximum absolute atomic E-state index is 12.9. The first kappa shape index (κ1) is 28.5. The van der Waals surface area contributed by atoms with E-state index in [-0.39, 0.29) is 36.1 Å². The second kappa shape index (κ2) is 9.03. The molecule has 2 rings (SSSR count). The van der Waals surface area contributed by atoms with Gasteiger partial charge in [0, 0.05) is 5.57 Å². The van der Waals surface area contributed by atoms with Gasteiger partial charge in [0.2, 0.25) is 3.79 Å². The summed E-state index contributed by atoms with van der Waals surface area (Å²) in [5.74, 6) is -3.11. The summed E-state index contributed by atoms with van der Waals surface area (Å²) in [4.78, 5) is 33.6. The summed E-state index contributed by atoms with van der Waals surface area (Å²) in [6.45, 7) is 1.92. The molecule has 0 aromatic heterocycles. The van der Waals surface area contributed by atoms with Crippen LogP contribution in [0.15, 0.2) is 41.3 Å². The molecule has 15 heteroatoms. The number of carbonyl (C=O) groups excluding carboxylic acids is 3.